The zero-order valence-corrected chi connectivity index (χ0v) is 16.4. The number of carbonyl (C=O) groups excluding carboxylic acids is 1. The molecule has 1 amide bonds. The van der Waals surface area contributed by atoms with Crippen molar-refractivity contribution in [2.45, 2.75) is 45.6 Å². The van der Waals surface area contributed by atoms with Crippen LogP contribution in [0.4, 0.5) is 10.6 Å². The van der Waals surface area contributed by atoms with Crippen LogP contribution < -0.4 is 5.32 Å². The van der Waals surface area contributed by atoms with Gasteiger partial charge in [-0.3, -0.25) is 5.32 Å². The van der Waals surface area contributed by atoms with Gasteiger partial charge in [0.15, 0.2) is 0 Å². The Morgan fingerprint density at radius 2 is 1.82 bits per heavy atom. The lowest BCUT2D eigenvalue weighted by molar-refractivity contribution is -0.132. The van der Waals surface area contributed by atoms with E-state index in [-0.39, 0.29) is 6.42 Å². The number of anilines is 1. The molecule has 2 rings (SSSR count). The molecule has 1 heterocycles. The second-order valence-electron chi connectivity index (χ2n) is 7.41. The molecule has 0 radical (unpaired) electrons. The number of nitrogens with one attached hydrogen (secondary N) is 1. The SMILES string of the molecule is CC(C)(C)OC(=O)Nc1ccc(C/C(=C\CCc2ccccc2)C(=O)O)cn1. The minimum absolute atomic E-state index is 0.268. The van der Waals surface area contributed by atoms with Crippen LogP contribution in [0.2, 0.25) is 0 Å². The summed E-state index contributed by atoms with van der Waals surface area (Å²) in [5, 5.41) is 12.0. The second-order valence-corrected chi connectivity index (χ2v) is 7.41. The Bertz CT molecular complexity index is 822. The normalized spacial score (nSPS) is 11.8. The summed E-state index contributed by atoms with van der Waals surface area (Å²) in [5.41, 5.74) is 1.65. The molecule has 2 aromatic rings. The van der Waals surface area contributed by atoms with Crippen molar-refractivity contribution in [3.8, 4) is 0 Å². The molecular weight excluding hydrogens is 356 g/mol. The molecule has 0 saturated heterocycles. The van der Waals surface area contributed by atoms with Crippen LogP contribution in [-0.4, -0.2) is 27.8 Å². The fourth-order valence-corrected chi connectivity index (χ4v) is 2.52. The molecule has 0 spiro atoms. The van der Waals surface area contributed by atoms with E-state index in [9.17, 15) is 14.7 Å². The zero-order valence-electron chi connectivity index (χ0n) is 16.4. The van der Waals surface area contributed by atoms with Crippen molar-refractivity contribution in [1.29, 1.82) is 0 Å². The Labute approximate surface area is 165 Å². The van der Waals surface area contributed by atoms with Crippen molar-refractivity contribution < 1.29 is 19.4 Å². The van der Waals surface area contributed by atoms with Gasteiger partial charge in [-0.2, -0.15) is 0 Å². The first-order chi connectivity index (χ1) is 13.2. The Morgan fingerprint density at radius 1 is 1.11 bits per heavy atom. The molecule has 0 aliphatic carbocycles. The maximum atomic E-state index is 11.8. The number of allylic oxidation sites excluding steroid dienone is 1. The number of nitrogens with zero attached hydrogens (tertiary/aromatic N) is 1. The predicted molar refractivity (Wildman–Crippen MR) is 108 cm³/mol. The summed E-state index contributed by atoms with van der Waals surface area (Å²) in [6.07, 6.45) is 4.43. The smallest absolute Gasteiger partial charge is 0.413 e. The molecule has 0 aliphatic rings. The summed E-state index contributed by atoms with van der Waals surface area (Å²) in [6.45, 7) is 5.34. The highest BCUT2D eigenvalue weighted by molar-refractivity contribution is 5.87. The molecule has 28 heavy (non-hydrogen) atoms. The van der Waals surface area contributed by atoms with Gasteiger partial charge < -0.3 is 9.84 Å². The van der Waals surface area contributed by atoms with Crippen molar-refractivity contribution in [2.75, 3.05) is 5.32 Å². The lowest BCUT2D eigenvalue weighted by Gasteiger charge is -2.19. The van der Waals surface area contributed by atoms with Crippen molar-refractivity contribution in [1.82, 2.24) is 4.98 Å². The van der Waals surface area contributed by atoms with Crippen molar-refractivity contribution in [3.63, 3.8) is 0 Å². The van der Waals surface area contributed by atoms with Gasteiger partial charge in [-0.25, -0.2) is 14.6 Å². The number of pyridine rings is 1. The van der Waals surface area contributed by atoms with Crippen LogP contribution in [0.25, 0.3) is 0 Å². The molecule has 1 aromatic heterocycles. The highest BCUT2D eigenvalue weighted by Gasteiger charge is 2.16. The molecule has 148 valence electrons. The third-order valence-corrected chi connectivity index (χ3v) is 3.79. The van der Waals surface area contributed by atoms with E-state index in [4.69, 9.17) is 4.74 Å². The van der Waals surface area contributed by atoms with Gasteiger partial charge in [-0.05, 0) is 50.8 Å². The third kappa shape index (κ3) is 7.61. The van der Waals surface area contributed by atoms with E-state index >= 15 is 0 Å². The number of aliphatic carboxylic acids is 1. The van der Waals surface area contributed by atoms with E-state index in [0.717, 1.165) is 12.0 Å². The number of rotatable bonds is 7. The lowest BCUT2D eigenvalue weighted by Crippen LogP contribution is -2.27. The molecule has 6 heteroatoms. The molecular formula is C22H26N2O4. The second kappa shape index (κ2) is 9.69. The number of aromatic nitrogens is 1. The molecule has 0 fully saturated rings. The van der Waals surface area contributed by atoms with Crippen LogP contribution in [0, 0.1) is 0 Å². The summed E-state index contributed by atoms with van der Waals surface area (Å²) in [4.78, 5) is 27.4. The maximum absolute atomic E-state index is 11.8. The fourth-order valence-electron chi connectivity index (χ4n) is 2.52. The van der Waals surface area contributed by atoms with Crippen LogP contribution in [0.5, 0.6) is 0 Å². The topological polar surface area (TPSA) is 88.5 Å². The average molecular weight is 382 g/mol. The number of carboxylic acid groups (broad SMARTS) is 1. The van der Waals surface area contributed by atoms with Crippen LogP contribution in [-0.2, 0) is 22.4 Å². The number of hydrogen-bond acceptors (Lipinski definition) is 4. The predicted octanol–water partition coefficient (Wildman–Crippen LogP) is 4.61. The van der Waals surface area contributed by atoms with Gasteiger partial charge in [-0.1, -0.05) is 42.5 Å². The maximum Gasteiger partial charge on any atom is 0.413 e. The molecule has 1 aromatic carbocycles. The highest BCUT2D eigenvalue weighted by Crippen LogP contribution is 2.14. The largest absolute Gasteiger partial charge is 0.478 e. The van der Waals surface area contributed by atoms with E-state index < -0.39 is 17.7 Å². The van der Waals surface area contributed by atoms with E-state index in [1.807, 2.05) is 30.3 Å². The number of ether oxygens (including phenoxy) is 1. The van der Waals surface area contributed by atoms with Gasteiger partial charge in [-0.15, -0.1) is 0 Å². The van der Waals surface area contributed by atoms with E-state index in [1.54, 1.807) is 45.2 Å². The van der Waals surface area contributed by atoms with Crippen LogP contribution in [0.1, 0.15) is 38.3 Å². The first kappa shape index (κ1) is 21.2. The minimum Gasteiger partial charge on any atom is -0.478 e. The number of carbonyl (C=O) groups is 2. The molecule has 0 saturated carbocycles. The quantitative estimate of drug-likeness (QED) is 0.683. The number of hydrogen-bond donors (Lipinski definition) is 2. The lowest BCUT2D eigenvalue weighted by atomic mass is 10.0. The summed E-state index contributed by atoms with van der Waals surface area (Å²) in [7, 11) is 0. The Kier molecular flexibility index (Phi) is 7.32. The van der Waals surface area contributed by atoms with Crippen molar-refractivity contribution >= 4 is 17.9 Å². The fraction of sp³-hybridized carbons (Fsp3) is 0.318. The first-order valence-electron chi connectivity index (χ1n) is 9.14. The first-order valence-corrected chi connectivity index (χ1v) is 9.14. The highest BCUT2D eigenvalue weighted by atomic mass is 16.6. The van der Waals surface area contributed by atoms with E-state index in [1.165, 1.54) is 5.56 Å². The van der Waals surface area contributed by atoms with Crippen molar-refractivity contribution in [2.24, 2.45) is 0 Å². The van der Waals surface area contributed by atoms with Gasteiger partial charge in [0.2, 0.25) is 0 Å². The number of aryl methyl sites for hydroxylation is 1. The molecule has 2 N–H and O–H groups in total. The third-order valence-electron chi connectivity index (χ3n) is 3.79. The van der Waals surface area contributed by atoms with Gasteiger partial charge in [0.05, 0.1) is 0 Å². The summed E-state index contributed by atoms with van der Waals surface area (Å²) < 4.78 is 5.17. The van der Waals surface area contributed by atoms with Gasteiger partial charge >= 0.3 is 12.1 Å². The molecule has 0 atom stereocenters. The summed E-state index contributed by atoms with van der Waals surface area (Å²) in [5.74, 6) is -0.591. The van der Waals surface area contributed by atoms with E-state index in [2.05, 4.69) is 10.3 Å². The Balaban J connectivity index is 1.94. The Hall–Kier alpha value is -3.15. The van der Waals surface area contributed by atoms with E-state index in [0.29, 0.717) is 17.8 Å². The Morgan fingerprint density at radius 3 is 2.39 bits per heavy atom. The zero-order chi connectivity index (χ0) is 20.6. The monoisotopic (exact) mass is 382 g/mol. The number of carboxylic acids is 1. The number of benzene rings is 1. The van der Waals surface area contributed by atoms with Gasteiger partial charge in [0.1, 0.15) is 11.4 Å². The van der Waals surface area contributed by atoms with Crippen LogP contribution in [0.15, 0.2) is 60.3 Å². The molecule has 0 aliphatic heterocycles. The van der Waals surface area contributed by atoms with Crippen LogP contribution in [0.3, 0.4) is 0 Å². The summed E-state index contributed by atoms with van der Waals surface area (Å²) >= 11 is 0. The summed E-state index contributed by atoms with van der Waals surface area (Å²) in [6, 6.07) is 13.3. The van der Waals surface area contributed by atoms with Gasteiger partial charge in [0, 0.05) is 18.2 Å². The molecule has 0 bridgehead atoms. The van der Waals surface area contributed by atoms with Crippen LogP contribution >= 0.6 is 0 Å². The van der Waals surface area contributed by atoms with Crippen molar-refractivity contribution in [3.05, 3.63) is 71.4 Å². The number of amides is 1. The molecule has 0 unspecified atom stereocenters. The van der Waals surface area contributed by atoms with Gasteiger partial charge in [0.25, 0.3) is 0 Å². The minimum atomic E-state index is -0.941. The standard InChI is InChI=1S/C22H26N2O4/c1-22(2,3)28-21(27)24-19-13-12-17(15-23-19)14-18(20(25)26)11-7-10-16-8-5-4-6-9-16/h4-6,8-9,11-13,15H,7,10,14H2,1-3H3,(H,25,26)(H,23,24,27)/b18-11+. The molecule has 6 nitrogen and oxygen atoms in total. The average Bonchev–Trinajstić information content (AvgIpc) is 2.61.